The molecule has 1 N–H and O–H groups in total. The van der Waals surface area contributed by atoms with Gasteiger partial charge in [-0.3, -0.25) is 9.48 Å². The van der Waals surface area contributed by atoms with Crippen molar-refractivity contribution < 1.29 is 14.3 Å². The van der Waals surface area contributed by atoms with E-state index in [0.29, 0.717) is 18.8 Å². The number of aliphatic hydroxyl groups is 1. The van der Waals surface area contributed by atoms with E-state index in [-0.39, 0.29) is 17.6 Å². The Morgan fingerprint density at radius 3 is 2.46 bits per heavy atom. The molecule has 1 aliphatic heterocycles. The van der Waals surface area contributed by atoms with Gasteiger partial charge in [0.05, 0.1) is 11.8 Å². The molecule has 5 nitrogen and oxygen atoms in total. The molecule has 6 heteroatoms. The summed E-state index contributed by atoms with van der Waals surface area (Å²) in [4.78, 5) is 14.4. The first-order valence-electron chi connectivity index (χ1n) is 8.19. The lowest BCUT2D eigenvalue weighted by Crippen LogP contribution is -2.40. The van der Waals surface area contributed by atoms with Gasteiger partial charge in [0.15, 0.2) is 0 Å². The summed E-state index contributed by atoms with van der Waals surface area (Å²) >= 11 is 0. The Morgan fingerprint density at radius 2 is 1.92 bits per heavy atom. The van der Waals surface area contributed by atoms with Crippen LogP contribution < -0.4 is 0 Å². The number of piperidine rings is 1. The lowest BCUT2D eigenvalue weighted by atomic mass is 9.87. The molecule has 3 rings (SSSR count). The topological polar surface area (TPSA) is 58.4 Å². The van der Waals surface area contributed by atoms with Gasteiger partial charge in [-0.05, 0) is 49.4 Å². The highest BCUT2D eigenvalue weighted by Gasteiger charge is 2.29. The van der Waals surface area contributed by atoms with Crippen molar-refractivity contribution in [2.24, 2.45) is 13.0 Å². The van der Waals surface area contributed by atoms with Crippen LogP contribution in [0, 0.1) is 18.7 Å². The van der Waals surface area contributed by atoms with E-state index in [0.717, 1.165) is 24.1 Å². The molecule has 1 unspecified atom stereocenters. The van der Waals surface area contributed by atoms with Gasteiger partial charge in [0.25, 0.3) is 5.91 Å². The first kappa shape index (κ1) is 16.6. The number of hydrogen-bond acceptors (Lipinski definition) is 3. The molecular formula is C18H22FN3O2. The molecule has 0 spiro atoms. The minimum atomic E-state index is -0.623. The van der Waals surface area contributed by atoms with Crippen molar-refractivity contribution in [3.05, 3.63) is 53.1 Å². The van der Waals surface area contributed by atoms with Crippen LogP contribution in [0.15, 0.2) is 30.3 Å². The minimum absolute atomic E-state index is 0.0205. The second-order valence-corrected chi connectivity index (χ2v) is 6.42. The van der Waals surface area contributed by atoms with Gasteiger partial charge in [0.1, 0.15) is 11.5 Å². The summed E-state index contributed by atoms with van der Waals surface area (Å²) in [5.74, 6) is -0.251. The van der Waals surface area contributed by atoms with Crippen LogP contribution in [0.3, 0.4) is 0 Å². The number of aromatic nitrogens is 2. The molecule has 1 aliphatic rings. The Hall–Kier alpha value is -2.21. The van der Waals surface area contributed by atoms with Crippen molar-refractivity contribution in [1.82, 2.24) is 14.7 Å². The first-order valence-corrected chi connectivity index (χ1v) is 8.19. The second kappa shape index (κ2) is 6.73. The average Bonchev–Trinajstić information content (AvgIpc) is 2.93. The molecule has 2 heterocycles. The summed E-state index contributed by atoms with van der Waals surface area (Å²) in [7, 11) is 1.77. The highest BCUT2D eigenvalue weighted by atomic mass is 19.1. The summed E-state index contributed by atoms with van der Waals surface area (Å²) in [6, 6.07) is 7.76. The van der Waals surface area contributed by atoms with Crippen molar-refractivity contribution in [3.8, 4) is 0 Å². The number of halogens is 1. The number of aryl methyl sites for hydroxylation is 2. The largest absolute Gasteiger partial charge is 0.388 e. The number of hydrogen-bond donors (Lipinski definition) is 1. The Kier molecular flexibility index (Phi) is 4.66. The lowest BCUT2D eigenvalue weighted by Gasteiger charge is -2.34. The molecule has 0 bridgehead atoms. The van der Waals surface area contributed by atoms with Crippen LogP contribution in [0.4, 0.5) is 4.39 Å². The van der Waals surface area contributed by atoms with Gasteiger partial charge in [-0.15, -0.1) is 0 Å². The molecule has 1 atom stereocenters. The van der Waals surface area contributed by atoms with Gasteiger partial charge in [-0.25, -0.2) is 4.39 Å². The van der Waals surface area contributed by atoms with E-state index < -0.39 is 6.10 Å². The van der Waals surface area contributed by atoms with Crippen LogP contribution in [0.25, 0.3) is 0 Å². The molecule has 0 aliphatic carbocycles. The number of carbonyl (C=O) groups is 1. The maximum Gasteiger partial charge on any atom is 0.272 e. The summed E-state index contributed by atoms with van der Waals surface area (Å²) in [6.45, 7) is 3.07. The molecule has 24 heavy (non-hydrogen) atoms. The lowest BCUT2D eigenvalue weighted by molar-refractivity contribution is 0.0455. The number of amides is 1. The normalized spacial score (nSPS) is 17.1. The van der Waals surface area contributed by atoms with Gasteiger partial charge in [0, 0.05) is 20.1 Å². The highest BCUT2D eigenvalue weighted by molar-refractivity contribution is 5.92. The first-order chi connectivity index (χ1) is 11.5. The molecular weight excluding hydrogens is 309 g/mol. The Balaban J connectivity index is 1.62. The quantitative estimate of drug-likeness (QED) is 0.940. The van der Waals surface area contributed by atoms with Crippen molar-refractivity contribution in [3.63, 3.8) is 0 Å². The van der Waals surface area contributed by atoms with Gasteiger partial charge in [-0.1, -0.05) is 12.1 Å². The molecule has 0 radical (unpaired) electrons. The van der Waals surface area contributed by atoms with E-state index >= 15 is 0 Å². The maximum absolute atomic E-state index is 13.0. The molecule has 1 aromatic heterocycles. The van der Waals surface area contributed by atoms with Gasteiger partial charge in [0.2, 0.25) is 0 Å². The molecule has 1 fully saturated rings. The number of aliphatic hydroxyl groups excluding tert-OH is 1. The van der Waals surface area contributed by atoms with E-state index in [4.69, 9.17) is 0 Å². The fraction of sp³-hybridized carbons (Fsp3) is 0.444. The fourth-order valence-corrected chi connectivity index (χ4v) is 3.32. The monoisotopic (exact) mass is 331 g/mol. The summed E-state index contributed by atoms with van der Waals surface area (Å²) in [5, 5.41) is 14.7. The molecule has 1 saturated heterocycles. The van der Waals surface area contributed by atoms with Crippen molar-refractivity contribution in [2.45, 2.75) is 25.9 Å². The number of benzene rings is 1. The number of likely N-dealkylation sites (tertiary alicyclic amines) is 1. The fourth-order valence-electron chi connectivity index (χ4n) is 3.32. The summed E-state index contributed by atoms with van der Waals surface area (Å²) < 4.78 is 14.6. The van der Waals surface area contributed by atoms with Crippen LogP contribution in [-0.2, 0) is 7.05 Å². The Morgan fingerprint density at radius 1 is 1.29 bits per heavy atom. The van der Waals surface area contributed by atoms with Crippen molar-refractivity contribution in [1.29, 1.82) is 0 Å². The molecule has 1 aromatic carbocycles. The number of nitrogens with zero attached hydrogens (tertiary/aromatic N) is 3. The van der Waals surface area contributed by atoms with Gasteiger partial charge >= 0.3 is 0 Å². The predicted molar refractivity (Wildman–Crippen MR) is 87.9 cm³/mol. The standard InChI is InChI=1S/C18H22FN3O2/c1-12-11-16(21(2)20-12)18(24)22-9-7-14(8-10-22)17(23)13-3-5-15(19)6-4-13/h3-6,11,14,17,23H,7-10H2,1-2H3. The maximum atomic E-state index is 13.0. The predicted octanol–water partition coefficient (Wildman–Crippen LogP) is 2.45. The molecule has 1 amide bonds. The van der Waals surface area contributed by atoms with Crippen LogP contribution >= 0.6 is 0 Å². The number of rotatable bonds is 3. The Bertz CT molecular complexity index is 718. The zero-order chi connectivity index (χ0) is 17.3. The third-order valence-corrected chi connectivity index (χ3v) is 4.71. The molecule has 0 saturated carbocycles. The van der Waals surface area contributed by atoms with Crippen molar-refractivity contribution in [2.75, 3.05) is 13.1 Å². The van der Waals surface area contributed by atoms with E-state index in [2.05, 4.69) is 5.10 Å². The third-order valence-electron chi connectivity index (χ3n) is 4.71. The van der Waals surface area contributed by atoms with E-state index in [1.165, 1.54) is 12.1 Å². The zero-order valence-corrected chi connectivity index (χ0v) is 13.9. The average molecular weight is 331 g/mol. The van der Waals surface area contributed by atoms with E-state index in [1.54, 1.807) is 29.9 Å². The highest BCUT2D eigenvalue weighted by Crippen LogP contribution is 2.31. The molecule has 2 aromatic rings. The second-order valence-electron chi connectivity index (χ2n) is 6.42. The van der Waals surface area contributed by atoms with Crippen LogP contribution in [0.2, 0.25) is 0 Å². The van der Waals surface area contributed by atoms with Gasteiger partial charge in [-0.2, -0.15) is 5.10 Å². The van der Waals surface area contributed by atoms with Crippen LogP contribution in [0.5, 0.6) is 0 Å². The SMILES string of the molecule is Cc1cc(C(=O)N2CCC(C(O)c3ccc(F)cc3)CC2)n(C)n1. The van der Waals surface area contributed by atoms with E-state index in [9.17, 15) is 14.3 Å². The zero-order valence-electron chi connectivity index (χ0n) is 13.9. The van der Waals surface area contributed by atoms with Crippen LogP contribution in [0.1, 0.15) is 40.7 Å². The summed E-state index contributed by atoms with van der Waals surface area (Å²) in [5.41, 5.74) is 2.14. The van der Waals surface area contributed by atoms with Crippen molar-refractivity contribution >= 4 is 5.91 Å². The Labute approximate surface area is 140 Å². The minimum Gasteiger partial charge on any atom is -0.388 e. The summed E-state index contributed by atoms with van der Waals surface area (Å²) in [6.07, 6.45) is 0.823. The van der Waals surface area contributed by atoms with Gasteiger partial charge < -0.3 is 10.0 Å². The molecule has 128 valence electrons. The number of carbonyl (C=O) groups excluding carboxylic acids is 1. The smallest absolute Gasteiger partial charge is 0.272 e. The van der Waals surface area contributed by atoms with Crippen LogP contribution in [-0.4, -0.2) is 38.8 Å². The third kappa shape index (κ3) is 3.33. The van der Waals surface area contributed by atoms with E-state index in [1.807, 2.05) is 11.8 Å².